The van der Waals surface area contributed by atoms with Crippen molar-refractivity contribution in [2.75, 3.05) is 6.61 Å². The normalized spacial score (nSPS) is 25.7. The minimum Gasteiger partial charge on any atom is -0.463 e. The fourth-order valence-corrected chi connectivity index (χ4v) is 3.77. The van der Waals surface area contributed by atoms with E-state index < -0.39 is 18.2 Å². The molecule has 0 spiro atoms. The summed E-state index contributed by atoms with van der Waals surface area (Å²) in [4.78, 5) is 12.7. The summed E-state index contributed by atoms with van der Waals surface area (Å²) in [7, 11) is 0. The number of benzene rings is 1. The maximum absolute atomic E-state index is 12.7. The summed E-state index contributed by atoms with van der Waals surface area (Å²) in [5.41, 5.74) is 3.54. The van der Waals surface area contributed by atoms with Crippen LogP contribution in [0.4, 0.5) is 0 Å². The number of rotatable bonds is 4. The van der Waals surface area contributed by atoms with Gasteiger partial charge in [0.1, 0.15) is 0 Å². The summed E-state index contributed by atoms with van der Waals surface area (Å²) >= 11 is 12.7. The highest BCUT2D eigenvalue weighted by molar-refractivity contribution is 6.33. The Labute approximate surface area is 162 Å². The van der Waals surface area contributed by atoms with Crippen LogP contribution in [-0.4, -0.2) is 25.2 Å². The van der Waals surface area contributed by atoms with E-state index in [2.05, 4.69) is 5.32 Å². The summed E-state index contributed by atoms with van der Waals surface area (Å²) in [6.45, 7) is 7.62. The van der Waals surface area contributed by atoms with Crippen molar-refractivity contribution in [2.45, 2.75) is 46.2 Å². The molecule has 1 aromatic carbocycles. The Morgan fingerprint density at radius 3 is 2.54 bits per heavy atom. The standard InChI is InChI=1S/C19H21Cl2NO4/c1-5-24-18(23)15-9(2)22-10(3)16(19-25-11(4)26-19)17(15)13-8-12(20)6-7-14(13)21/h6-8,11,17,19,22H,5H2,1-4H3. The molecule has 2 aliphatic heterocycles. The van der Waals surface area contributed by atoms with Crippen molar-refractivity contribution >= 4 is 29.2 Å². The number of nitrogens with one attached hydrogen (secondary N) is 1. The number of halogens is 2. The Morgan fingerprint density at radius 2 is 1.92 bits per heavy atom. The molecule has 1 unspecified atom stereocenters. The molecule has 1 N–H and O–H groups in total. The maximum atomic E-state index is 12.7. The van der Waals surface area contributed by atoms with Gasteiger partial charge in [-0.15, -0.1) is 0 Å². The predicted octanol–water partition coefficient (Wildman–Crippen LogP) is 4.51. The summed E-state index contributed by atoms with van der Waals surface area (Å²) < 4.78 is 16.7. The van der Waals surface area contributed by atoms with Gasteiger partial charge in [0.05, 0.1) is 12.2 Å². The summed E-state index contributed by atoms with van der Waals surface area (Å²) in [6, 6.07) is 5.20. The lowest BCUT2D eigenvalue weighted by Gasteiger charge is -2.41. The topological polar surface area (TPSA) is 56.8 Å². The molecule has 140 valence electrons. The van der Waals surface area contributed by atoms with Crippen LogP contribution in [0, 0.1) is 0 Å². The molecule has 2 aliphatic rings. The van der Waals surface area contributed by atoms with E-state index in [1.54, 1.807) is 25.1 Å². The van der Waals surface area contributed by atoms with Crippen molar-refractivity contribution in [3.8, 4) is 0 Å². The van der Waals surface area contributed by atoms with Crippen molar-refractivity contribution in [2.24, 2.45) is 0 Å². The van der Waals surface area contributed by atoms with Crippen LogP contribution < -0.4 is 5.32 Å². The Hall–Kier alpha value is -1.53. The van der Waals surface area contributed by atoms with Gasteiger partial charge in [0.25, 0.3) is 0 Å². The van der Waals surface area contributed by atoms with Crippen LogP contribution in [0.25, 0.3) is 0 Å². The van der Waals surface area contributed by atoms with Gasteiger partial charge in [0, 0.05) is 32.9 Å². The lowest BCUT2D eigenvalue weighted by molar-refractivity contribution is -0.360. The van der Waals surface area contributed by atoms with Gasteiger partial charge in [0.2, 0.25) is 0 Å². The van der Waals surface area contributed by atoms with Crippen molar-refractivity contribution in [1.29, 1.82) is 0 Å². The summed E-state index contributed by atoms with van der Waals surface area (Å²) in [5.74, 6) is -0.880. The Bertz CT molecular complexity index is 797. The number of allylic oxidation sites excluding steroid dienone is 2. The van der Waals surface area contributed by atoms with Crippen LogP contribution in [-0.2, 0) is 19.0 Å². The lowest BCUT2D eigenvalue weighted by Crippen LogP contribution is -2.45. The highest BCUT2D eigenvalue weighted by Crippen LogP contribution is 2.46. The Balaban J connectivity index is 2.16. The van der Waals surface area contributed by atoms with Gasteiger partial charge in [0.15, 0.2) is 12.6 Å². The number of carbonyl (C=O) groups excluding carboxylic acids is 1. The highest BCUT2D eigenvalue weighted by atomic mass is 35.5. The predicted molar refractivity (Wildman–Crippen MR) is 99.8 cm³/mol. The molecule has 0 saturated carbocycles. The van der Waals surface area contributed by atoms with E-state index >= 15 is 0 Å². The molecule has 2 heterocycles. The molecular formula is C19H21Cl2NO4. The van der Waals surface area contributed by atoms with Gasteiger partial charge in [-0.05, 0) is 51.5 Å². The lowest BCUT2D eigenvalue weighted by atomic mass is 9.79. The van der Waals surface area contributed by atoms with E-state index in [1.807, 2.05) is 20.8 Å². The largest absolute Gasteiger partial charge is 0.463 e. The second kappa shape index (κ2) is 7.61. The second-order valence-electron chi connectivity index (χ2n) is 6.24. The third kappa shape index (κ3) is 3.49. The van der Waals surface area contributed by atoms with Gasteiger partial charge in [-0.3, -0.25) is 0 Å². The zero-order valence-corrected chi connectivity index (χ0v) is 16.6. The number of carbonyl (C=O) groups is 1. The third-order valence-corrected chi connectivity index (χ3v) is 5.04. The van der Waals surface area contributed by atoms with Crippen LogP contribution in [0.3, 0.4) is 0 Å². The Kier molecular flexibility index (Phi) is 5.63. The maximum Gasteiger partial charge on any atom is 0.336 e. The molecule has 0 amide bonds. The first kappa shape index (κ1) is 19.2. The van der Waals surface area contributed by atoms with Gasteiger partial charge in [-0.2, -0.15) is 0 Å². The van der Waals surface area contributed by atoms with Crippen LogP contribution in [0.15, 0.2) is 40.7 Å². The van der Waals surface area contributed by atoms with Crippen LogP contribution in [0.5, 0.6) is 0 Å². The number of hydrogen-bond donors (Lipinski definition) is 1. The first-order valence-electron chi connectivity index (χ1n) is 8.44. The molecule has 0 aliphatic carbocycles. The monoisotopic (exact) mass is 397 g/mol. The minimum atomic E-state index is -0.560. The van der Waals surface area contributed by atoms with Gasteiger partial charge in [-0.25, -0.2) is 4.79 Å². The molecular weight excluding hydrogens is 377 g/mol. The molecule has 1 fully saturated rings. The van der Waals surface area contributed by atoms with Crippen molar-refractivity contribution in [1.82, 2.24) is 5.32 Å². The highest BCUT2D eigenvalue weighted by Gasteiger charge is 2.43. The second-order valence-corrected chi connectivity index (χ2v) is 7.08. The van der Waals surface area contributed by atoms with Gasteiger partial charge < -0.3 is 19.5 Å². The average Bonchev–Trinajstić information content (AvgIpc) is 2.54. The van der Waals surface area contributed by atoms with Gasteiger partial charge in [-0.1, -0.05) is 23.2 Å². The molecule has 0 bridgehead atoms. The van der Waals surface area contributed by atoms with Crippen molar-refractivity contribution in [3.05, 3.63) is 56.3 Å². The Morgan fingerprint density at radius 1 is 1.23 bits per heavy atom. The number of ether oxygens (including phenoxy) is 3. The van der Waals surface area contributed by atoms with E-state index in [0.29, 0.717) is 26.9 Å². The SMILES string of the molecule is CCOC(=O)C1=C(C)NC(C)=C(C2OC(C)O2)C1c1cc(Cl)ccc1Cl. The van der Waals surface area contributed by atoms with E-state index in [9.17, 15) is 4.79 Å². The van der Waals surface area contributed by atoms with E-state index in [0.717, 1.165) is 11.3 Å². The molecule has 1 atom stereocenters. The average molecular weight is 398 g/mol. The molecule has 1 saturated heterocycles. The molecule has 7 heteroatoms. The van der Waals surface area contributed by atoms with Gasteiger partial charge >= 0.3 is 5.97 Å². The minimum absolute atomic E-state index is 0.275. The van der Waals surface area contributed by atoms with E-state index in [-0.39, 0.29) is 12.9 Å². The number of dihydropyridines is 1. The quantitative estimate of drug-likeness (QED) is 0.757. The zero-order chi connectivity index (χ0) is 19.0. The first-order chi connectivity index (χ1) is 12.3. The number of esters is 1. The third-order valence-electron chi connectivity index (χ3n) is 4.46. The van der Waals surface area contributed by atoms with Crippen LogP contribution in [0.2, 0.25) is 10.0 Å². The van der Waals surface area contributed by atoms with Crippen LogP contribution in [0.1, 0.15) is 39.2 Å². The fourth-order valence-electron chi connectivity index (χ4n) is 3.37. The molecule has 0 aromatic heterocycles. The summed E-state index contributed by atoms with van der Waals surface area (Å²) in [5, 5.41) is 4.28. The fraction of sp³-hybridized carbons (Fsp3) is 0.421. The zero-order valence-electron chi connectivity index (χ0n) is 15.1. The van der Waals surface area contributed by atoms with Crippen molar-refractivity contribution < 1.29 is 19.0 Å². The molecule has 1 aromatic rings. The molecule has 26 heavy (non-hydrogen) atoms. The number of hydrogen-bond acceptors (Lipinski definition) is 5. The smallest absolute Gasteiger partial charge is 0.336 e. The molecule has 5 nitrogen and oxygen atoms in total. The van der Waals surface area contributed by atoms with Crippen molar-refractivity contribution in [3.63, 3.8) is 0 Å². The van der Waals surface area contributed by atoms with Crippen LogP contribution >= 0.6 is 23.2 Å². The molecule has 3 rings (SSSR count). The van der Waals surface area contributed by atoms with E-state index in [1.165, 1.54) is 0 Å². The van der Waals surface area contributed by atoms with E-state index in [4.69, 9.17) is 37.4 Å². The first-order valence-corrected chi connectivity index (χ1v) is 9.20. The summed E-state index contributed by atoms with van der Waals surface area (Å²) in [6.07, 6.45) is -0.857. The molecule has 0 radical (unpaired) electrons.